The zero-order valence-electron chi connectivity index (χ0n) is 16.4. The van der Waals surface area contributed by atoms with E-state index < -0.39 is 0 Å². The molecule has 0 N–H and O–H groups in total. The molecule has 2 saturated heterocycles. The topological polar surface area (TPSA) is 53.1 Å². The van der Waals surface area contributed by atoms with Gasteiger partial charge in [-0.3, -0.25) is 9.69 Å². The Labute approximate surface area is 156 Å². The molecule has 0 spiro atoms. The van der Waals surface area contributed by atoms with Crippen LogP contribution in [0.5, 0.6) is 0 Å². The summed E-state index contributed by atoms with van der Waals surface area (Å²) in [4.78, 5) is 31.3. The lowest BCUT2D eigenvalue weighted by molar-refractivity contribution is -0.133. The van der Waals surface area contributed by atoms with Gasteiger partial charge in [-0.1, -0.05) is 0 Å². The summed E-state index contributed by atoms with van der Waals surface area (Å²) >= 11 is 0. The van der Waals surface area contributed by atoms with Crippen LogP contribution in [0.3, 0.4) is 0 Å². The lowest BCUT2D eigenvalue weighted by atomic mass is 9.90. The average molecular weight is 364 g/mol. The van der Waals surface area contributed by atoms with Crippen molar-refractivity contribution < 1.29 is 14.3 Å². The molecule has 2 unspecified atom stereocenters. The number of amides is 2. The van der Waals surface area contributed by atoms with E-state index in [0.717, 1.165) is 39.3 Å². The zero-order valence-corrected chi connectivity index (χ0v) is 16.4. The molecule has 0 radical (unpaired) electrons. The van der Waals surface area contributed by atoms with Gasteiger partial charge in [0.25, 0.3) is 0 Å². The van der Waals surface area contributed by atoms with E-state index in [4.69, 9.17) is 4.74 Å². The van der Waals surface area contributed by atoms with Crippen LogP contribution in [-0.2, 0) is 9.53 Å². The van der Waals surface area contributed by atoms with E-state index in [1.54, 1.807) is 0 Å². The molecule has 26 heavy (non-hydrogen) atoms. The van der Waals surface area contributed by atoms with Crippen LogP contribution < -0.4 is 0 Å². The minimum atomic E-state index is -0.142. The van der Waals surface area contributed by atoms with Gasteiger partial charge in [-0.2, -0.15) is 0 Å². The van der Waals surface area contributed by atoms with Crippen LogP contribution in [-0.4, -0.2) is 78.6 Å². The summed E-state index contributed by atoms with van der Waals surface area (Å²) in [6.45, 7) is 12.0. The number of rotatable bonds is 5. The van der Waals surface area contributed by atoms with E-state index in [2.05, 4.69) is 18.7 Å². The molecule has 0 aromatic carbocycles. The van der Waals surface area contributed by atoms with Gasteiger partial charge in [0.05, 0.1) is 6.61 Å². The number of carbonyl (C=O) groups excluding carboxylic acids is 2. The molecule has 0 aromatic heterocycles. The zero-order chi connectivity index (χ0) is 18.4. The minimum Gasteiger partial charge on any atom is -0.450 e. The second-order valence-corrected chi connectivity index (χ2v) is 8.51. The number of hydrogen-bond donors (Lipinski definition) is 0. The molecule has 2 aliphatic heterocycles. The van der Waals surface area contributed by atoms with Crippen LogP contribution in [0.25, 0.3) is 0 Å². The minimum absolute atomic E-state index is 0.142. The fraction of sp³-hybridized carbons (Fsp3) is 0.900. The number of piperidine rings is 2. The van der Waals surface area contributed by atoms with E-state index in [9.17, 15) is 9.59 Å². The van der Waals surface area contributed by atoms with Crippen LogP contribution in [0.1, 0.15) is 33.6 Å². The fourth-order valence-electron chi connectivity index (χ4n) is 6.07. The van der Waals surface area contributed by atoms with Crippen molar-refractivity contribution in [2.45, 2.75) is 39.7 Å². The van der Waals surface area contributed by atoms with Crippen molar-refractivity contribution in [1.29, 1.82) is 0 Å². The van der Waals surface area contributed by atoms with E-state index in [-0.39, 0.29) is 12.0 Å². The number of hydrogen-bond acceptors (Lipinski definition) is 4. The Kier molecular flexibility index (Phi) is 4.88. The Balaban J connectivity index is 1.33. The van der Waals surface area contributed by atoms with Gasteiger partial charge in [-0.15, -0.1) is 0 Å². The molecule has 2 heterocycles. The first kappa shape index (κ1) is 18.1. The quantitative estimate of drug-likeness (QED) is 0.749. The van der Waals surface area contributed by atoms with Gasteiger partial charge in [-0.05, 0) is 57.3 Å². The second kappa shape index (κ2) is 7.02. The molecule has 2 saturated carbocycles. The highest BCUT2D eigenvalue weighted by Crippen LogP contribution is 2.55. The van der Waals surface area contributed by atoms with Gasteiger partial charge in [0.2, 0.25) is 5.91 Å². The van der Waals surface area contributed by atoms with Crippen LogP contribution in [0.2, 0.25) is 0 Å². The van der Waals surface area contributed by atoms with Crippen LogP contribution in [0.15, 0.2) is 0 Å². The molecule has 4 rings (SSSR count). The first-order valence-corrected chi connectivity index (χ1v) is 10.5. The summed E-state index contributed by atoms with van der Waals surface area (Å²) < 4.78 is 5.21. The fourth-order valence-corrected chi connectivity index (χ4v) is 6.07. The summed E-state index contributed by atoms with van der Waals surface area (Å²) in [5, 5.41) is 0. The molecule has 6 heteroatoms. The normalized spacial score (nSPS) is 38.2. The third kappa shape index (κ3) is 2.90. The molecule has 6 nitrogen and oxygen atoms in total. The first-order valence-electron chi connectivity index (χ1n) is 10.5. The van der Waals surface area contributed by atoms with Gasteiger partial charge < -0.3 is 14.5 Å². The Morgan fingerprint density at radius 1 is 0.962 bits per heavy atom. The summed E-state index contributed by atoms with van der Waals surface area (Å²) in [6, 6.07) is 0.609. The lowest BCUT2D eigenvalue weighted by Gasteiger charge is -2.42. The number of ether oxygens (including phenoxy) is 1. The molecule has 2 aliphatic carbocycles. The van der Waals surface area contributed by atoms with E-state index >= 15 is 0 Å². The van der Waals surface area contributed by atoms with Crippen molar-refractivity contribution in [2.75, 3.05) is 45.9 Å². The first-order chi connectivity index (χ1) is 12.6. The highest BCUT2D eigenvalue weighted by molar-refractivity contribution is 5.82. The molecular weight excluding hydrogens is 330 g/mol. The van der Waals surface area contributed by atoms with Crippen LogP contribution in [0.4, 0.5) is 4.79 Å². The summed E-state index contributed by atoms with van der Waals surface area (Å²) in [6.07, 6.45) is 2.30. The molecule has 146 valence electrons. The van der Waals surface area contributed by atoms with Crippen molar-refractivity contribution in [3.05, 3.63) is 0 Å². The van der Waals surface area contributed by atoms with E-state index in [0.29, 0.717) is 42.2 Å². The monoisotopic (exact) mass is 363 g/mol. The Morgan fingerprint density at radius 3 is 2.04 bits per heavy atom. The van der Waals surface area contributed by atoms with Gasteiger partial charge in [0, 0.05) is 51.2 Å². The Bertz CT molecular complexity index is 539. The lowest BCUT2D eigenvalue weighted by Crippen LogP contribution is -2.54. The standard InChI is InChI=1S/C20H33N3O3/c1-4-21(5-2)19(24)17-15-11-22(12-16(15)17)18-13-7-8-14(18)10-23(9-13)20(25)26-6-3/h13-18H,4-12H2,1-3H3/t13?,14?,15-,16+,17+,18?. The third-order valence-corrected chi connectivity index (χ3v) is 7.31. The van der Waals surface area contributed by atoms with E-state index in [1.807, 2.05) is 16.7 Å². The molecule has 0 aromatic rings. The van der Waals surface area contributed by atoms with Gasteiger partial charge in [0.15, 0.2) is 0 Å². The molecule has 4 aliphatic rings. The Morgan fingerprint density at radius 2 is 1.54 bits per heavy atom. The van der Waals surface area contributed by atoms with E-state index in [1.165, 1.54) is 12.8 Å². The van der Waals surface area contributed by atoms with Crippen molar-refractivity contribution in [3.63, 3.8) is 0 Å². The summed E-state index contributed by atoms with van der Waals surface area (Å²) in [5.74, 6) is 2.96. The van der Waals surface area contributed by atoms with Gasteiger partial charge in [-0.25, -0.2) is 4.79 Å². The van der Waals surface area contributed by atoms with Crippen molar-refractivity contribution >= 4 is 12.0 Å². The Hall–Kier alpha value is -1.30. The van der Waals surface area contributed by atoms with Crippen molar-refractivity contribution in [2.24, 2.45) is 29.6 Å². The largest absolute Gasteiger partial charge is 0.450 e. The maximum atomic E-state index is 12.6. The third-order valence-electron chi connectivity index (χ3n) is 7.31. The maximum Gasteiger partial charge on any atom is 0.409 e. The van der Waals surface area contributed by atoms with Gasteiger partial charge >= 0.3 is 6.09 Å². The highest BCUT2D eigenvalue weighted by atomic mass is 16.6. The van der Waals surface area contributed by atoms with Gasteiger partial charge in [0.1, 0.15) is 0 Å². The van der Waals surface area contributed by atoms with Crippen LogP contribution >= 0.6 is 0 Å². The van der Waals surface area contributed by atoms with Crippen molar-refractivity contribution in [1.82, 2.24) is 14.7 Å². The summed E-state index contributed by atoms with van der Waals surface area (Å²) in [5.41, 5.74) is 0. The molecular formula is C20H33N3O3. The second-order valence-electron chi connectivity index (χ2n) is 8.51. The highest BCUT2D eigenvalue weighted by Gasteiger charge is 2.62. The average Bonchev–Trinajstić information content (AvgIpc) is 3.00. The number of carbonyl (C=O) groups is 2. The molecule has 5 atom stereocenters. The number of fused-ring (bicyclic) bond motifs is 3. The number of likely N-dealkylation sites (tertiary alicyclic amines) is 2. The number of nitrogens with zero attached hydrogens (tertiary/aromatic N) is 3. The van der Waals surface area contributed by atoms with Crippen molar-refractivity contribution in [3.8, 4) is 0 Å². The molecule has 2 bridgehead atoms. The molecule has 4 fully saturated rings. The smallest absolute Gasteiger partial charge is 0.409 e. The SMILES string of the molecule is CCOC(=O)N1CC2CCC(C1)C2N1C[C@@H]2[C@H](C1)[C@H]2C(=O)N(CC)CC. The molecule has 2 amide bonds. The predicted octanol–water partition coefficient (Wildman–Crippen LogP) is 1.90. The van der Waals surface area contributed by atoms with Crippen LogP contribution in [0, 0.1) is 29.6 Å². The summed E-state index contributed by atoms with van der Waals surface area (Å²) in [7, 11) is 0. The predicted molar refractivity (Wildman–Crippen MR) is 98.6 cm³/mol. The maximum absolute atomic E-state index is 12.6.